The van der Waals surface area contributed by atoms with Gasteiger partial charge in [0.25, 0.3) is 0 Å². The number of hydrogen-bond acceptors (Lipinski definition) is 3. The zero-order valence-electron chi connectivity index (χ0n) is 26.3. The van der Waals surface area contributed by atoms with Gasteiger partial charge in [0.05, 0.1) is 5.70 Å². The second-order valence-electron chi connectivity index (χ2n) is 14.2. The molecule has 0 amide bonds. The molecule has 4 aliphatic carbocycles. The fourth-order valence-corrected chi connectivity index (χ4v) is 9.66. The van der Waals surface area contributed by atoms with Crippen molar-refractivity contribution >= 4 is 11.4 Å². The van der Waals surface area contributed by atoms with Gasteiger partial charge < -0.3 is 16.4 Å². The molecular weight excluding hydrogens is 510 g/mol. The van der Waals surface area contributed by atoms with Crippen LogP contribution in [0.4, 0.5) is 11.4 Å². The number of fused-ring (bicyclic) bond motifs is 6. The van der Waals surface area contributed by atoms with Crippen molar-refractivity contribution in [3.8, 4) is 0 Å². The smallest absolute Gasteiger partial charge is 0.0636 e. The van der Waals surface area contributed by atoms with Crippen LogP contribution in [0.5, 0.6) is 0 Å². The summed E-state index contributed by atoms with van der Waals surface area (Å²) in [5.41, 5.74) is 21.4. The van der Waals surface area contributed by atoms with Crippen LogP contribution in [0.15, 0.2) is 79.0 Å². The van der Waals surface area contributed by atoms with Crippen molar-refractivity contribution in [2.45, 2.75) is 103 Å². The van der Waals surface area contributed by atoms with Gasteiger partial charge in [0, 0.05) is 34.1 Å². The van der Waals surface area contributed by atoms with E-state index in [4.69, 9.17) is 12.3 Å². The van der Waals surface area contributed by atoms with E-state index >= 15 is 0 Å². The van der Waals surface area contributed by atoms with E-state index in [1.54, 1.807) is 0 Å². The van der Waals surface area contributed by atoms with E-state index in [9.17, 15) is 0 Å². The van der Waals surface area contributed by atoms with E-state index in [0.717, 1.165) is 30.6 Å². The van der Waals surface area contributed by atoms with Crippen LogP contribution in [0.25, 0.3) is 0 Å². The Morgan fingerprint density at radius 1 is 0.952 bits per heavy atom. The van der Waals surface area contributed by atoms with Crippen LogP contribution in [0.3, 0.4) is 0 Å². The fourth-order valence-electron chi connectivity index (χ4n) is 9.66. The summed E-state index contributed by atoms with van der Waals surface area (Å²) in [5.74, 6) is 2.13. The molecule has 0 aromatic heterocycles. The predicted molar refractivity (Wildman–Crippen MR) is 178 cm³/mol. The highest BCUT2D eigenvalue weighted by Gasteiger charge is 2.50. The lowest BCUT2D eigenvalue weighted by atomic mass is 9.54. The molecule has 0 aliphatic heterocycles. The number of rotatable bonds is 7. The Bertz CT molecular complexity index is 1440. The molecule has 42 heavy (non-hydrogen) atoms. The highest BCUT2D eigenvalue weighted by molar-refractivity contribution is 5.55. The van der Waals surface area contributed by atoms with Crippen LogP contribution < -0.4 is 16.4 Å². The Morgan fingerprint density at radius 2 is 1.69 bits per heavy atom. The molecule has 4 N–H and O–H groups in total. The highest BCUT2D eigenvalue weighted by atomic mass is 14.9. The lowest BCUT2D eigenvalue weighted by Gasteiger charge is -2.52. The summed E-state index contributed by atoms with van der Waals surface area (Å²) in [6.07, 6.45) is 12.9. The van der Waals surface area contributed by atoms with Crippen LogP contribution in [0.1, 0.15) is 107 Å². The summed E-state index contributed by atoms with van der Waals surface area (Å²) in [6, 6.07) is 13.6. The summed E-state index contributed by atoms with van der Waals surface area (Å²) < 4.78 is 0. The first-order chi connectivity index (χ1) is 20.2. The molecule has 2 fully saturated rings. The van der Waals surface area contributed by atoms with Gasteiger partial charge in [-0.15, -0.1) is 5.73 Å². The van der Waals surface area contributed by atoms with E-state index in [1.807, 2.05) is 0 Å². The van der Waals surface area contributed by atoms with E-state index < -0.39 is 0 Å². The minimum Gasteiger partial charge on any atom is -0.399 e. The number of benzene rings is 2. The zero-order valence-corrected chi connectivity index (χ0v) is 26.3. The normalized spacial score (nSPS) is 31.3. The second-order valence-corrected chi connectivity index (χ2v) is 14.2. The van der Waals surface area contributed by atoms with E-state index in [2.05, 4.69) is 86.7 Å². The number of nitrogens with one attached hydrogen (secondary N) is 2. The Kier molecular flexibility index (Phi) is 7.69. The highest BCUT2D eigenvalue weighted by Crippen LogP contribution is 2.58. The van der Waals surface area contributed by atoms with Crippen LogP contribution in [0, 0.1) is 23.2 Å². The van der Waals surface area contributed by atoms with E-state index in [1.165, 1.54) is 90.7 Å². The topological polar surface area (TPSA) is 50.1 Å². The quantitative estimate of drug-likeness (QED) is 0.233. The van der Waals surface area contributed by atoms with Gasteiger partial charge in [0.2, 0.25) is 0 Å². The molecule has 2 aromatic rings. The third-order valence-electron chi connectivity index (χ3n) is 12.0. The van der Waals surface area contributed by atoms with Crippen molar-refractivity contribution in [2.75, 3.05) is 11.1 Å². The number of hydrogen-bond donors (Lipinski definition) is 3. The molecule has 0 radical (unpaired) electrons. The lowest BCUT2D eigenvalue weighted by molar-refractivity contribution is 0.102. The average molecular weight is 562 g/mol. The Hall–Kier alpha value is -3.16. The van der Waals surface area contributed by atoms with Crippen molar-refractivity contribution in [2.24, 2.45) is 23.2 Å². The summed E-state index contributed by atoms with van der Waals surface area (Å²) in [6.45, 7) is 20.3. The monoisotopic (exact) mass is 561 g/mol. The third-order valence-corrected chi connectivity index (χ3v) is 12.0. The van der Waals surface area contributed by atoms with Crippen LogP contribution in [0.2, 0.25) is 0 Å². The average Bonchev–Trinajstić information content (AvgIpc) is 2.99. The number of nitrogen functional groups attached to an aromatic ring is 1. The van der Waals surface area contributed by atoms with Crippen molar-refractivity contribution in [3.05, 3.63) is 101 Å². The number of aryl methyl sites for hydroxylation is 2. The maximum absolute atomic E-state index is 6.28. The van der Waals surface area contributed by atoms with Gasteiger partial charge >= 0.3 is 0 Å². The number of nitrogens with two attached hydrogens (primary N) is 1. The molecule has 0 heterocycles. The van der Waals surface area contributed by atoms with Gasteiger partial charge in [0.15, 0.2) is 0 Å². The summed E-state index contributed by atoms with van der Waals surface area (Å²) >= 11 is 0. The summed E-state index contributed by atoms with van der Waals surface area (Å²) in [5, 5.41) is 7.48. The fraction of sp³-hybridized carbons (Fsp3) is 0.513. The van der Waals surface area contributed by atoms with Crippen molar-refractivity contribution in [3.63, 3.8) is 0 Å². The second kappa shape index (κ2) is 11.2. The molecule has 222 valence electrons. The summed E-state index contributed by atoms with van der Waals surface area (Å²) in [7, 11) is 0. The molecule has 0 saturated heterocycles. The number of anilines is 2. The zero-order chi connectivity index (χ0) is 29.6. The Balaban J connectivity index is 1.24. The van der Waals surface area contributed by atoms with E-state index in [-0.39, 0.29) is 10.8 Å². The lowest BCUT2D eigenvalue weighted by Crippen LogP contribution is -2.47. The minimum atomic E-state index is 0.00920. The number of allylic oxidation sites excluding steroid dienone is 3. The van der Waals surface area contributed by atoms with Gasteiger partial charge in [-0.25, -0.2) is 0 Å². The Morgan fingerprint density at radius 3 is 2.48 bits per heavy atom. The van der Waals surface area contributed by atoms with Gasteiger partial charge in [-0.2, -0.15) is 0 Å². The van der Waals surface area contributed by atoms with Gasteiger partial charge in [0.1, 0.15) is 0 Å². The van der Waals surface area contributed by atoms with Crippen LogP contribution in [-0.2, 0) is 18.3 Å². The summed E-state index contributed by atoms with van der Waals surface area (Å²) in [4.78, 5) is 0. The van der Waals surface area contributed by atoms with Gasteiger partial charge in [-0.05, 0) is 127 Å². The first-order valence-corrected chi connectivity index (χ1v) is 16.5. The first-order valence-electron chi connectivity index (χ1n) is 16.5. The van der Waals surface area contributed by atoms with Crippen molar-refractivity contribution < 1.29 is 0 Å². The molecule has 2 aromatic carbocycles. The molecule has 0 bridgehead atoms. The molecule has 6 rings (SSSR count). The van der Waals surface area contributed by atoms with Crippen molar-refractivity contribution in [1.82, 2.24) is 5.32 Å². The molecule has 6 unspecified atom stereocenters. The van der Waals surface area contributed by atoms with Gasteiger partial charge in [-0.1, -0.05) is 65.5 Å². The SMILES string of the molecule is C=C=C(NC(=C)C1CCCC2(C)c3cc(NC(=C)CC)ccc3CCC12)C1(C)CCCC2c3cc(N)ccc3CCC21. The maximum Gasteiger partial charge on any atom is 0.0636 e. The molecule has 2 saturated carbocycles. The Labute approximate surface area is 254 Å². The molecule has 6 atom stereocenters. The van der Waals surface area contributed by atoms with Gasteiger partial charge in [-0.3, -0.25) is 0 Å². The minimum absolute atomic E-state index is 0.00920. The molecule has 3 nitrogen and oxygen atoms in total. The standard InChI is InChI=1S/C39H51N3/c1-7-25(3)41-30-18-14-28-16-20-34-31(11-9-21-38(34,5)36(28)24-30)26(4)42-37(8-2)39(6)22-10-12-32-33-23-29(40)17-13-27(33)15-19-35(32)39/h13-14,17-18,23-24,31-32,34-35,41-42H,2-4,7,9-12,15-16,19-22,40H2,1,5-6H3. The van der Waals surface area contributed by atoms with E-state index in [0.29, 0.717) is 23.7 Å². The molecule has 3 heteroatoms. The first kappa shape index (κ1) is 28.9. The predicted octanol–water partition coefficient (Wildman–Crippen LogP) is 9.53. The van der Waals surface area contributed by atoms with Crippen LogP contribution >= 0.6 is 0 Å². The third kappa shape index (κ3) is 4.84. The maximum atomic E-state index is 6.28. The molecular formula is C39H51N3. The van der Waals surface area contributed by atoms with Crippen molar-refractivity contribution in [1.29, 1.82) is 0 Å². The molecule has 4 aliphatic rings. The molecule has 0 spiro atoms. The van der Waals surface area contributed by atoms with Crippen LogP contribution in [-0.4, -0.2) is 0 Å². The largest absolute Gasteiger partial charge is 0.399 e.